The van der Waals surface area contributed by atoms with Crippen molar-refractivity contribution >= 4 is 21.6 Å². The van der Waals surface area contributed by atoms with E-state index in [9.17, 15) is 0 Å². The minimum absolute atomic E-state index is 0.347. The maximum absolute atomic E-state index is 8.72. The lowest BCUT2D eigenvalue weighted by Crippen LogP contribution is -2.44. The molecule has 15 heavy (non-hydrogen) atoms. The van der Waals surface area contributed by atoms with E-state index >= 15 is 0 Å². The van der Waals surface area contributed by atoms with Gasteiger partial charge in [0, 0.05) is 22.2 Å². The zero-order valence-corrected chi connectivity index (χ0v) is 9.79. The van der Waals surface area contributed by atoms with E-state index in [0.717, 1.165) is 23.0 Å². The molecule has 0 unspecified atom stereocenters. The van der Waals surface area contributed by atoms with E-state index < -0.39 is 0 Å². The molecule has 1 aliphatic carbocycles. The average molecular weight is 266 g/mol. The lowest BCUT2D eigenvalue weighted by atomic mass is 9.87. The summed E-state index contributed by atoms with van der Waals surface area (Å²) in [7, 11) is 0. The molecule has 78 valence electrons. The summed E-state index contributed by atoms with van der Waals surface area (Å²) < 4.78 is 0.932. The minimum atomic E-state index is 0.347. The Hall–Kier alpha value is -1.05. The predicted molar refractivity (Wildman–Crippen MR) is 63.5 cm³/mol. The molecule has 0 aliphatic heterocycles. The van der Waals surface area contributed by atoms with E-state index in [1.165, 1.54) is 0 Å². The maximum Gasteiger partial charge on any atom is 0.0992 e. The van der Waals surface area contributed by atoms with Gasteiger partial charge in [0.2, 0.25) is 0 Å². The lowest BCUT2D eigenvalue weighted by Gasteiger charge is -2.34. The smallest absolute Gasteiger partial charge is 0.0992 e. The molecule has 1 saturated carbocycles. The highest BCUT2D eigenvalue weighted by atomic mass is 79.9. The van der Waals surface area contributed by atoms with Crippen LogP contribution < -0.4 is 11.1 Å². The van der Waals surface area contributed by atoms with Crippen LogP contribution in [0.5, 0.6) is 0 Å². The lowest BCUT2D eigenvalue weighted by molar-refractivity contribution is 0.373. The first kappa shape index (κ1) is 10.5. The topological polar surface area (TPSA) is 61.8 Å². The van der Waals surface area contributed by atoms with Crippen molar-refractivity contribution in [2.24, 2.45) is 5.73 Å². The Labute approximate surface area is 97.4 Å². The summed E-state index contributed by atoms with van der Waals surface area (Å²) in [4.78, 5) is 0. The number of anilines is 1. The van der Waals surface area contributed by atoms with Crippen LogP contribution in [0.3, 0.4) is 0 Å². The second-order valence-corrected chi connectivity index (χ2v) is 4.73. The Balaban J connectivity index is 2.06. The number of halogens is 1. The summed E-state index contributed by atoms with van der Waals surface area (Å²) in [6, 6.07) is 8.48. The highest BCUT2D eigenvalue weighted by Gasteiger charge is 2.25. The van der Waals surface area contributed by atoms with Gasteiger partial charge in [-0.3, -0.25) is 0 Å². The molecular weight excluding hydrogens is 254 g/mol. The summed E-state index contributed by atoms with van der Waals surface area (Å²) in [5.41, 5.74) is 7.41. The molecule has 0 atom stereocenters. The molecule has 3 N–H and O–H groups in total. The SMILES string of the molecule is N#Cc1ccc(NC2CC(N)C2)c(Br)c1. The van der Waals surface area contributed by atoms with E-state index in [2.05, 4.69) is 27.3 Å². The summed E-state index contributed by atoms with van der Waals surface area (Å²) in [6.07, 6.45) is 2.04. The van der Waals surface area contributed by atoms with E-state index in [-0.39, 0.29) is 0 Å². The van der Waals surface area contributed by atoms with Gasteiger partial charge in [-0.15, -0.1) is 0 Å². The number of benzene rings is 1. The van der Waals surface area contributed by atoms with Crippen LogP contribution in [0, 0.1) is 11.3 Å². The number of hydrogen-bond donors (Lipinski definition) is 2. The van der Waals surface area contributed by atoms with Crippen molar-refractivity contribution in [3.05, 3.63) is 28.2 Å². The molecule has 0 heterocycles. The molecule has 0 radical (unpaired) electrons. The summed E-state index contributed by atoms with van der Waals surface area (Å²) in [6.45, 7) is 0. The Morgan fingerprint density at radius 3 is 2.73 bits per heavy atom. The number of nitrogens with zero attached hydrogens (tertiary/aromatic N) is 1. The fourth-order valence-electron chi connectivity index (χ4n) is 1.70. The monoisotopic (exact) mass is 265 g/mol. The Morgan fingerprint density at radius 2 is 2.20 bits per heavy atom. The van der Waals surface area contributed by atoms with E-state index in [1.54, 1.807) is 0 Å². The third-order valence-corrected chi connectivity index (χ3v) is 3.29. The Morgan fingerprint density at radius 1 is 1.47 bits per heavy atom. The average Bonchev–Trinajstić information content (AvgIpc) is 2.18. The van der Waals surface area contributed by atoms with Crippen molar-refractivity contribution in [1.82, 2.24) is 0 Å². The van der Waals surface area contributed by atoms with Crippen molar-refractivity contribution in [3.63, 3.8) is 0 Å². The number of nitrogens with two attached hydrogens (primary N) is 1. The fourth-order valence-corrected chi connectivity index (χ4v) is 2.19. The van der Waals surface area contributed by atoms with Gasteiger partial charge < -0.3 is 11.1 Å². The van der Waals surface area contributed by atoms with Crippen molar-refractivity contribution in [2.75, 3.05) is 5.32 Å². The standard InChI is InChI=1S/C11H12BrN3/c12-10-3-7(6-13)1-2-11(10)15-9-4-8(14)5-9/h1-3,8-9,15H,4-5,14H2. The Bertz CT molecular complexity index is 405. The third-order valence-electron chi connectivity index (χ3n) is 2.63. The fraction of sp³-hybridized carbons (Fsp3) is 0.364. The van der Waals surface area contributed by atoms with Crippen molar-refractivity contribution < 1.29 is 0 Å². The second kappa shape index (κ2) is 4.21. The van der Waals surface area contributed by atoms with Gasteiger partial charge in [0.25, 0.3) is 0 Å². The largest absolute Gasteiger partial charge is 0.381 e. The molecular formula is C11H12BrN3. The molecule has 1 aliphatic rings. The van der Waals surface area contributed by atoms with Crippen LogP contribution in [0.15, 0.2) is 22.7 Å². The first-order valence-electron chi connectivity index (χ1n) is 4.91. The van der Waals surface area contributed by atoms with Crippen molar-refractivity contribution in [2.45, 2.75) is 24.9 Å². The van der Waals surface area contributed by atoms with Crippen LogP contribution >= 0.6 is 15.9 Å². The van der Waals surface area contributed by atoms with E-state index in [4.69, 9.17) is 11.0 Å². The molecule has 1 aromatic rings. The quantitative estimate of drug-likeness (QED) is 0.862. The molecule has 1 aromatic carbocycles. The van der Waals surface area contributed by atoms with Gasteiger partial charge in [0.1, 0.15) is 0 Å². The van der Waals surface area contributed by atoms with Gasteiger partial charge in [0.05, 0.1) is 11.6 Å². The van der Waals surface area contributed by atoms with Gasteiger partial charge in [0.15, 0.2) is 0 Å². The first-order chi connectivity index (χ1) is 7.19. The molecule has 3 nitrogen and oxygen atoms in total. The highest BCUT2D eigenvalue weighted by Crippen LogP contribution is 2.28. The molecule has 1 fully saturated rings. The van der Waals surface area contributed by atoms with Crippen LogP contribution in [0.2, 0.25) is 0 Å². The van der Waals surface area contributed by atoms with Gasteiger partial charge >= 0.3 is 0 Å². The molecule has 4 heteroatoms. The zero-order chi connectivity index (χ0) is 10.8. The van der Waals surface area contributed by atoms with Crippen molar-refractivity contribution in [1.29, 1.82) is 5.26 Å². The van der Waals surface area contributed by atoms with Gasteiger partial charge in [-0.2, -0.15) is 5.26 Å². The molecule has 0 bridgehead atoms. The van der Waals surface area contributed by atoms with Gasteiger partial charge in [-0.25, -0.2) is 0 Å². The van der Waals surface area contributed by atoms with Crippen LogP contribution in [0.4, 0.5) is 5.69 Å². The number of nitriles is 1. The number of nitrogens with one attached hydrogen (secondary N) is 1. The zero-order valence-electron chi connectivity index (χ0n) is 8.20. The Kier molecular flexibility index (Phi) is 2.94. The second-order valence-electron chi connectivity index (χ2n) is 3.88. The first-order valence-corrected chi connectivity index (χ1v) is 5.70. The van der Waals surface area contributed by atoms with Crippen molar-refractivity contribution in [3.8, 4) is 6.07 Å². The minimum Gasteiger partial charge on any atom is -0.381 e. The summed E-state index contributed by atoms with van der Waals surface area (Å²) >= 11 is 3.44. The molecule has 0 spiro atoms. The van der Waals surface area contributed by atoms with Crippen LogP contribution in [0.25, 0.3) is 0 Å². The highest BCUT2D eigenvalue weighted by molar-refractivity contribution is 9.10. The van der Waals surface area contributed by atoms with Gasteiger partial charge in [-0.1, -0.05) is 0 Å². The third kappa shape index (κ3) is 2.31. The van der Waals surface area contributed by atoms with Crippen LogP contribution in [-0.4, -0.2) is 12.1 Å². The number of hydrogen-bond acceptors (Lipinski definition) is 3. The molecule has 2 rings (SSSR count). The maximum atomic E-state index is 8.72. The normalized spacial score (nSPS) is 24.1. The van der Waals surface area contributed by atoms with E-state index in [1.807, 2.05) is 18.2 Å². The molecule has 0 amide bonds. The van der Waals surface area contributed by atoms with Gasteiger partial charge in [-0.05, 0) is 47.0 Å². The summed E-state index contributed by atoms with van der Waals surface area (Å²) in [5.74, 6) is 0. The van der Waals surface area contributed by atoms with Crippen LogP contribution in [0.1, 0.15) is 18.4 Å². The summed E-state index contributed by atoms with van der Waals surface area (Å²) in [5, 5.41) is 12.1. The number of rotatable bonds is 2. The molecule has 0 saturated heterocycles. The van der Waals surface area contributed by atoms with E-state index in [0.29, 0.717) is 17.6 Å². The predicted octanol–water partition coefficient (Wildman–Crippen LogP) is 2.22. The molecule has 0 aromatic heterocycles. The van der Waals surface area contributed by atoms with Crippen LogP contribution in [-0.2, 0) is 0 Å².